The zero-order valence-electron chi connectivity index (χ0n) is 11.2. The first kappa shape index (κ1) is 14.0. The van der Waals surface area contributed by atoms with Gasteiger partial charge in [-0.05, 0) is 48.6 Å². The van der Waals surface area contributed by atoms with Crippen LogP contribution in [0, 0.1) is 4.77 Å². The van der Waals surface area contributed by atoms with Gasteiger partial charge in [-0.15, -0.1) is 0 Å². The van der Waals surface area contributed by atoms with Gasteiger partial charge in [-0.2, -0.15) is 4.68 Å². The summed E-state index contributed by atoms with van der Waals surface area (Å²) in [5.41, 5.74) is 3.99. The van der Waals surface area contributed by atoms with E-state index in [0.29, 0.717) is 16.6 Å². The number of rotatable bonds is 3. The molecule has 0 amide bonds. The number of benzene rings is 2. The number of nitrogens with zero attached hydrogens (tertiary/aromatic N) is 1. The summed E-state index contributed by atoms with van der Waals surface area (Å²) in [7, 11) is 0. The number of carboxylic acids is 1. The molecule has 0 aliphatic carbocycles. The molecule has 0 aliphatic rings. The number of aromatic nitrogens is 2. The zero-order chi connectivity index (χ0) is 15.7. The molecule has 0 aliphatic heterocycles. The second kappa shape index (κ2) is 5.45. The molecule has 6 nitrogen and oxygen atoms in total. The lowest BCUT2D eigenvalue weighted by Crippen LogP contribution is -2.28. The summed E-state index contributed by atoms with van der Waals surface area (Å²) in [6.07, 6.45) is 0. The van der Waals surface area contributed by atoms with Gasteiger partial charge in [0.2, 0.25) is 0 Å². The molecule has 3 rings (SSSR count). The number of hydrogen-bond donors (Lipinski definition) is 3. The molecule has 0 bridgehead atoms. The zero-order valence-corrected chi connectivity index (χ0v) is 12.1. The molecule has 0 saturated carbocycles. The van der Waals surface area contributed by atoms with E-state index in [1.54, 1.807) is 30.3 Å². The summed E-state index contributed by atoms with van der Waals surface area (Å²) in [6, 6.07) is 13.1. The smallest absolute Gasteiger partial charge is 0.335 e. The number of H-pyrrole nitrogens is 1. The van der Waals surface area contributed by atoms with Crippen LogP contribution < -0.4 is 11.0 Å². The number of anilines is 1. The molecule has 3 N–H and O–H groups in total. The lowest BCUT2D eigenvalue weighted by Gasteiger charge is -2.10. The molecule has 2 aromatic carbocycles. The van der Waals surface area contributed by atoms with Crippen LogP contribution in [0.1, 0.15) is 10.4 Å². The van der Waals surface area contributed by atoms with Crippen molar-refractivity contribution < 1.29 is 9.90 Å². The Morgan fingerprint density at radius 2 is 1.82 bits per heavy atom. The van der Waals surface area contributed by atoms with E-state index >= 15 is 0 Å². The predicted molar refractivity (Wildman–Crippen MR) is 85.8 cm³/mol. The Morgan fingerprint density at radius 3 is 2.50 bits per heavy atom. The number of para-hydroxylation sites is 1. The Bertz CT molecular complexity index is 974. The maximum absolute atomic E-state index is 12.4. The van der Waals surface area contributed by atoms with E-state index in [1.165, 1.54) is 16.8 Å². The van der Waals surface area contributed by atoms with E-state index in [0.717, 1.165) is 0 Å². The Hall–Kier alpha value is -2.93. The number of fused-ring (bicyclic) bond motifs is 1. The first-order valence-corrected chi connectivity index (χ1v) is 6.81. The van der Waals surface area contributed by atoms with Crippen molar-refractivity contribution in [1.82, 2.24) is 9.66 Å². The van der Waals surface area contributed by atoms with Gasteiger partial charge < -0.3 is 10.1 Å². The Kier molecular flexibility index (Phi) is 3.48. The third kappa shape index (κ3) is 2.49. The van der Waals surface area contributed by atoms with Gasteiger partial charge in [-0.3, -0.25) is 10.2 Å². The molecule has 0 saturated heterocycles. The van der Waals surface area contributed by atoms with Crippen LogP contribution >= 0.6 is 12.2 Å². The fourth-order valence-corrected chi connectivity index (χ4v) is 2.32. The van der Waals surface area contributed by atoms with Crippen molar-refractivity contribution in [3.05, 3.63) is 69.2 Å². The average Bonchev–Trinajstić information content (AvgIpc) is 2.52. The van der Waals surface area contributed by atoms with Gasteiger partial charge in [0, 0.05) is 0 Å². The summed E-state index contributed by atoms with van der Waals surface area (Å²) in [6.45, 7) is 0. The highest BCUT2D eigenvalue weighted by Crippen LogP contribution is 2.11. The van der Waals surface area contributed by atoms with Gasteiger partial charge in [0.15, 0.2) is 4.77 Å². The first-order valence-electron chi connectivity index (χ1n) is 6.41. The quantitative estimate of drug-likeness (QED) is 0.647. The molecule has 0 fully saturated rings. The molecule has 0 spiro atoms. The largest absolute Gasteiger partial charge is 0.478 e. The van der Waals surface area contributed by atoms with Crippen LogP contribution in [0.4, 0.5) is 5.69 Å². The number of aromatic amines is 1. The van der Waals surface area contributed by atoms with Crippen molar-refractivity contribution in [1.29, 1.82) is 0 Å². The fourth-order valence-electron chi connectivity index (χ4n) is 2.08. The summed E-state index contributed by atoms with van der Waals surface area (Å²) in [5.74, 6) is -1.01. The van der Waals surface area contributed by atoms with E-state index in [4.69, 9.17) is 17.3 Å². The number of hydrogen-bond acceptors (Lipinski definition) is 4. The lowest BCUT2D eigenvalue weighted by molar-refractivity contribution is 0.0697. The normalized spacial score (nSPS) is 10.5. The number of carbonyl (C=O) groups is 1. The number of carboxylic acid groups (broad SMARTS) is 1. The van der Waals surface area contributed by atoms with Crippen molar-refractivity contribution in [2.75, 3.05) is 5.43 Å². The maximum atomic E-state index is 12.4. The van der Waals surface area contributed by atoms with E-state index in [1.807, 2.05) is 6.07 Å². The molecule has 22 heavy (non-hydrogen) atoms. The summed E-state index contributed by atoms with van der Waals surface area (Å²) in [4.78, 5) is 26.2. The summed E-state index contributed by atoms with van der Waals surface area (Å²) < 4.78 is 1.44. The lowest BCUT2D eigenvalue weighted by atomic mass is 10.2. The van der Waals surface area contributed by atoms with Gasteiger partial charge in [-0.1, -0.05) is 12.1 Å². The standard InChI is InChI=1S/C15H11N3O3S/c19-13-11-3-1-2-4-12(11)16-15(22)18(13)17-10-7-5-9(6-8-10)14(20)21/h1-8,17H,(H,16,22)(H,20,21). The Morgan fingerprint density at radius 1 is 1.14 bits per heavy atom. The molecule has 0 radical (unpaired) electrons. The SMILES string of the molecule is O=C(O)c1ccc(Nn2c(=S)[nH]c3ccccc3c2=O)cc1. The highest BCUT2D eigenvalue weighted by Gasteiger charge is 2.06. The highest BCUT2D eigenvalue weighted by atomic mass is 32.1. The van der Waals surface area contributed by atoms with Crippen molar-refractivity contribution in [2.45, 2.75) is 0 Å². The summed E-state index contributed by atoms with van der Waals surface area (Å²) in [5, 5.41) is 9.38. The predicted octanol–water partition coefficient (Wildman–Crippen LogP) is 2.63. The minimum absolute atomic E-state index is 0.168. The monoisotopic (exact) mass is 313 g/mol. The molecule has 7 heteroatoms. The number of nitrogens with one attached hydrogen (secondary N) is 2. The highest BCUT2D eigenvalue weighted by molar-refractivity contribution is 7.71. The third-order valence-electron chi connectivity index (χ3n) is 3.18. The van der Waals surface area contributed by atoms with Gasteiger partial charge in [0.25, 0.3) is 5.56 Å². The van der Waals surface area contributed by atoms with Crippen molar-refractivity contribution in [3.63, 3.8) is 0 Å². The van der Waals surface area contributed by atoms with Crippen LogP contribution in [0.2, 0.25) is 0 Å². The third-order valence-corrected chi connectivity index (χ3v) is 3.46. The van der Waals surface area contributed by atoms with Crippen LogP contribution in [0.25, 0.3) is 10.9 Å². The molecule has 0 atom stereocenters. The van der Waals surface area contributed by atoms with Crippen molar-refractivity contribution >= 4 is 34.8 Å². The maximum Gasteiger partial charge on any atom is 0.335 e. The van der Waals surface area contributed by atoms with Gasteiger partial charge in [0.1, 0.15) is 0 Å². The second-order valence-electron chi connectivity index (χ2n) is 4.61. The van der Waals surface area contributed by atoms with E-state index in [2.05, 4.69) is 10.4 Å². The fraction of sp³-hybridized carbons (Fsp3) is 0. The van der Waals surface area contributed by atoms with Crippen molar-refractivity contribution in [2.24, 2.45) is 0 Å². The minimum atomic E-state index is -1.01. The van der Waals surface area contributed by atoms with Gasteiger partial charge in [0.05, 0.1) is 22.2 Å². The van der Waals surface area contributed by atoms with Crippen LogP contribution in [0.3, 0.4) is 0 Å². The van der Waals surface area contributed by atoms with E-state index in [9.17, 15) is 9.59 Å². The molecule has 0 unspecified atom stereocenters. The van der Waals surface area contributed by atoms with Gasteiger partial charge in [-0.25, -0.2) is 4.79 Å². The van der Waals surface area contributed by atoms with Crippen molar-refractivity contribution in [3.8, 4) is 0 Å². The topological polar surface area (TPSA) is 87.1 Å². The van der Waals surface area contributed by atoms with Gasteiger partial charge >= 0.3 is 5.97 Å². The van der Waals surface area contributed by atoms with E-state index in [-0.39, 0.29) is 15.9 Å². The molecule has 110 valence electrons. The average molecular weight is 313 g/mol. The molecular formula is C15H11N3O3S. The van der Waals surface area contributed by atoms with E-state index < -0.39 is 5.97 Å². The van der Waals surface area contributed by atoms with Crippen LogP contribution in [0.15, 0.2) is 53.3 Å². The second-order valence-corrected chi connectivity index (χ2v) is 5.00. The van der Waals surface area contributed by atoms with Crippen LogP contribution in [-0.4, -0.2) is 20.7 Å². The molecular weight excluding hydrogens is 302 g/mol. The summed E-state index contributed by atoms with van der Waals surface area (Å²) >= 11 is 5.18. The Labute approximate surface area is 129 Å². The van der Waals surface area contributed by atoms with Crippen LogP contribution in [-0.2, 0) is 0 Å². The van der Waals surface area contributed by atoms with Crippen LogP contribution in [0.5, 0.6) is 0 Å². The number of aromatic carboxylic acids is 1. The Balaban J connectivity index is 2.05. The molecule has 1 heterocycles. The minimum Gasteiger partial charge on any atom is -0.478 e. The molecule has 1 aromatic heterocycles. The first-order chi connectivity index (χ1) is 10.6. The molecule has 3 aromatic rings.